The monoisotopic (exact) mass is 744 g/mol. The summed E-state index contributed by atoms with van der Waals surface area (Å²) in [7, 11) is 3.20. The highest BCUT2D eigenvalue weighted by molar-refractivity contribution is 6.34. The van der Waals surface area contributed by atoms with Crippen molar-refractivity contribution in [1.29, 1.82) is 0 Å². The zero-order chi connectivity index (χ0) is 35.7. The zero-order valence-corrected chi connectivity index (χ0v) is 28.8. The molecule has 270 valence electrons. The van der Waals surface area contributed by atoms with E-state index in [0.717, 1.165) is 25.5 Å². The van der Waals surface area contributed by atoms with Gasteiger partial charge in [-0.05, 0) is 31.9 Å². The topological polar surface area (TPSA) is 115 Å². The van der Waals surface area contributed by atoms with Gasteiger partial charge in [-0.3, -0.25) is 14.4 Å². The fourth-order valence-electron chi connectivity index (χ4n) is 7.66. The number of ether oxygens (including phenoxy) is 2. The standard InChI is InChI=1S/C32H35Cl2F5N8O3/c1-44(2)29(48)27-25(34)21-13-45(6-4-8-47(21)43-27)28-17-14-49-22(23-24(32(37,38)39)18(33)9-19(40)26(23)36)10-20(17)41-30(42-28)50-15-31-5-3-7-46(31)12-16(35)11-31/h9,16,22H,3-8,10-15,40H2,1-2H3/t16-,22+,31+/m1/s1. The molecule has 0 radical (unpaired) electrons. The molecule has 0 unspecified atom stereocenters. The van der Waals surface area contributed by atoms with Crippen molar-refractivity contribution >= 4 is 40.6 Å². The number of aryl methyl sites for hydroxylation is 1. The van der Waals surface area contributed by atoms with Crippen molar-refractivity contribution in [2.75, 3.05) is 51.0 Å². The first-order valence-electron chi connectivity index (χ1n) is 16.3. The number of rotatable bonds is 6. The SMILES string of the molecule is CN(C)C(=O)c1nn2c(c1Cl)CN(c1nc(OC[C@@]34CCCN3C[C@H](F)C4)nc3c1CO[C@H](c1c(F)c(N)cc(Cl)c1C(F)(F)F)C3)CCC2. The van der Waals surface area contributed by atoms with Crippen LogP contribution < -0.4 is 15.4 Å². The van der Waals surface area contributed by atoms with Crippen LogP contribution in [0.3, 0.4) is 0 Å². The summed E-state index contributed by atoms with van der Waals surface area (Å²) in [6.07, 6.45) is -5.20. The van der Waals surface area contributed by atoms with Crippen LogP contribution >= 0.6 is 23.2 Å². The first kappa shape index (κ1) is 35.0. The Labute approximate surface area is 294 Å². The summed E-state index contributed by atoms with van der Waals surface area (Å²) in [5.74, 6) is -1.25. The molecule has 3 aromatic rings. The maximum atomic E-state index is 15.5. The first-order chi connectivity index (χ1) is 23.7. The maximum Gasteiger partial charge on any atom is 0.418 e. The minimum absolute atomic E-state index is 0.0580. The van der Waals surface area contributed by atoms with Crippen LogP contribution in [0.4, 0.5) is 33.5 Å². The average Bonchev–Trinajstić information content (AvgIpc) is 3.62. The van der Waals surface area contributed by atoms with Gasteiger partial charge in [-0.1, -0.05) is 23.2 Å². The van der Waals surface area contributed by atoms with Gasteiger partial charge in [0.05, 0.1) is 57.5 Å². The Morgan fingerprint density at radius 2 is 1.98 bits per heavy atom. The predicted octanol–water partition coefficient (Wildman–Crippen LogP) is 5.60. The molecule has 6 heterocycles. The molecule has 0 spiro atoms. The summed E-state index contributed by atoms with van der Waals surface area (Å²) in [5, 5.41) is 3.92. The summed E-state index contributed by atoms with van der Waals surface area (Å²) in [6, 6.07) is 0.674. The lowest BCUT2D eigenvalue weighted by atomic mass is 9.93. The van der Waals surface area contributed by atoms with Crippen molar-refractivity contribution < 1.29 is 36.2 Å². The van der Waals surface area contributed by atoms with Gasteiger partial charge in [0.1, 0.15) is 18.6 Å². The summed E-state index contributed by atoms with van der Waals surface area (Å²) in [4.78, 5) is 27.5. The number of halogens is 7. The highest BCUT2D eigenvalue weighted by Gasteiger charge is 2.49. The number of alkyl halides is 4. The van der Waals surface area contributed by atoms with E-state index in [1.807, 2.05) is 4.90 Å². The second-order valence-electron chi connectivity index (χ2n) is 13.5. The molecule has 4 aliphatic rings. The van der Waals surface area contributed by atoms with Crippen LogP contribution in [0.1, 0.15) is 70.4 Å². The third-order valence-corrected chi connectivity index (χ3v) is 10.7. The highest BCUT2D eigenvalue weighted by atomic mass is 35.5. The number of nitrogen functional groups attached to an aromatic ring is 1. The molecule has 50 heavy (non-hydrogen) atoms. The minimum Gasteiger partial charge on any atom is -0.461 e. The summed E-state index contributed by atoms with van der Waals surface area (Å²) in [6.45, 7) is 2.00. The van der Waals surface area contributed by atoms with Gasteiger partial charge >= 0.3 is 12.2 Å². The molecule has 4 aliphatic heterocycles. The number of carbonyl (C=O) groups excluding carboxylic acids is 1. The van der Waals surface area contributed by atoms with Crippen molar-refractivity contribution in [2.45, 2.75) is 75.8 Å². The molecule has 0 bridgehead atoms. The van der Waals surface area contributed by atoms with Crippen LogP contribution in [-0.4, -0.2) is 87.5 Å². The number of hydrogen-bond acceptors (Lipinski definition) is 9. The molecule has 0 aliphatic carbocycles. The number of nitrogens with zero attached hydrogens (tertiary/aromatic N) is 7. The number of fused-ring (bicyclic) bond motifs is 3. The predicted molar refractivity (Wildman–Crippen MR) is 174 cm³/mol. The molecular formula is C32H35Cl2F5N8O3. The van der Waals surface area contributed by atoms with E-state index in [0.29, 0.717) is 49.6 Å². The summed E-state index contributed by atoms with van der Waals surface area (Å²) < 4.78 is 86.5. The quantitative estimate of drug-likeness (QED) is 0.255. The van der Waals surface area contributed by atoms with Crippen molar-refractivity contribution in [3.05, 3.63) is 55.7 Å². The first-order valence-corrected chi connectivity index (χ1v) is 17.0. The van der Waals surface area contributed by atoms with Crippen LogP contribution in [-0.2, 0) is 37.0 Å². The molecule has 1 amide bonds. The van der Waals surface area contributed by atoms with E-state index >= 15 is 4.39 Å². The van der Waals surface area contributed by atoms with Crippen molar-refractivity contribution in [3.63, 3.8) is 0 Å². The Kier molecular flexibility index (Phi) is 9.05. The molecule has 2 aromatic heterocycles. The van der Waals surface area contributed by atoms with E-state index < -0.39 is 51.6 Å². The lowest BCUT2D eigenvalue weighted by molar-refractivity contribution is -0.140. The number of amides is 1. The summed E-state index contributed by atoms with van der Waals surface area (Å²) in [5.41, 5.74) is 3.92. The van der Waals surface area contributed by atoms with Crippen LogP contribution in [0.15, 0.2) is 6.07 Å². The van der Waals surface area contributed by atoms with Crippen molar-refractivity contribution in [1.82, 2.24) is 29.5 Å². The molecule has 2 fully saturated rings. The molecule has 11 nitrogen and oxygen atoms in total. The van der Waals surface area contributed by atoms with Gasteiger partial charge in [-0.25, -0.2) is 8.78 Å². The Balaban J connectivity index is 1.28. The number of aromatic nitrogens is 4. The Morgan fingerprint density at radius 3 is 2.72 bits per heavy atom. The van der Waals surface area contributed by atoms with Crippen LogP contribution in [0.2, 0.25) is 10.0 Å². The molecule has 3 atom stereocenters. The largest absolute Gasteiger partial charge is 0.461 e. The van der Waals surface area contributed by atoms with E-state index in [1.54, 1.807) is 18.8 Å². The third kappa shape index (κ3) is 6.11. The number of nitrogens with two attached hydrogens (primary N) is 1. The molecule has 0 saturated carbocycles. The Bertz CT molecular complexity index is 1840. The molecule has 2 N–H and O–H groups in total. The second-order valence-corrected chi connectivity index (χ2v) is 14.3. The van der Waals surface area contributed by atoms with E-state index in [1.165, 1.54) is 4.90 Å². The van der Waals surface area contributed by atoms with Gasteiger partial charge in [0, 0.05) is 57.7 Å². The van der Waals surface area contributed by atoms with Gasteiger partial charge in [-0.2, -0.15) is 28.2 Å². The molecule has 18 heteroatoms. The minimum atomic E-state index is -5.00. The lowest BCUT2D eigenvalue weighted by Crippen LogP contribution is -2.43. The lowest BCUT2D eigenvalue weighted by Gasteiger charge is -2.33. The normalized spacial score (nSPS) is 23.7. The smallest absolute Gasteiger partial charge is 0.418 e. The third-order valence-electron chi connectivity index (χ3n) is 10.0. The van der Waals surface area contributed by atoms with Crippen LogP contribution in [0.5, 0.6) is 6.01 Å². The van der Waals surface area contributed by atoms with E-state index in [2.05, 4.69) is 15.0 Å². The van der Waals surface area contributed by atoms with Gasteiger partial charge in [0.25, 0.3) is 5.91 Å². The highest BCUT2D eigenvalue weighted by Crippen LogP contribution is 2.46. The zero-order valence-electron chi connectivity index (χ0n) is 27.3. The fraction of sp³-hybridized carbons (Fsp3) is 0.562. The number of anilines is 2. The van der Waals surface area contributed by atoms with Gasteiger partial charge in [0.15, 0.2) is 11.5 Å². The van der Waals surface area contributed by atoms with E-state index in [4.69, 9.17) is 43.4 Å². The fourth-order valence-corrected chi connectivity index (χ4v) is 8.26. The molecule has 2 saturated heterocycles. The van der Waals surface area contributed by atoms with Gasteiger partial charge < -0.3 is 25.0 Å². The second kappa shape index (κ2) is 12.9. The molecular weight excluding hydrogens is 710 g/mol. The Morgan fingerprint density at radius 1 is 1.20 bits per heavy atom. The number of carbonyl (C=O) groups is 1. The van der Waals surface area contributed by atoms with Crippen molar-refractivity contribution in [3.8, 4) is 6.01 Å². The maximum absolute atomic E-state index is 15.5. The van der Waals surface area contributed by atoms with Crippen molar-refractivity contribution in [2.24, 2.45) is 0 Å². The van der Waals surface area contributed by atoms with Crippen LogP contribution in [0.25, 0.3) is 0 Å². The number of benzene rings is 1. The Hall–Kier alpha value is -3.47. The van der Waals surface area contributed by atoms with E-state index in [-0.39, 0.29) is 54.5 Å². The average molecular weight is 746 g/mol. The van der Waals surface area contributed by atoms with E-state index in [9.17, 15) is 22.4 Å². The van der Waals surface area contributed by atoms with Gasteiger partial charge in [-0.15, -0.1) is 0 Å². The van der Waals surface area contributed by atoms with Gasteiger partial charge in [0.2, 0.25) is 0 Å². The molecule has 7 rings (SSSR count). The molecule has 1 aromatic carbocycles. The van der Waals surface area contributed by atoms with Crippen LogP contribution in [0, 0.1) is 5.82 Å². The number of hydrogen-bond donors (Lipinski definition) is 1. The summed E-state index contributed by atoms with van der Waals surface area (Å²) >= 11 is 12.7.